The Labute approximate surface area is 157 Å². The van der Waals surface area contributed by atoms with E-state index in [4.69, 9.17) is 0 Å². The zero-order valence-electron chi connectivity index (χ0n) is 16.0. The van der Waals surface area contributed by atoms with E-state index in [0.717, 1.165) is 25.1 Å². The van der Waals surface area contributed by atoms with Crippen molar-refractivity contribution in [2.24, 2.45) is 0 Å². The van der Waals surface area contributed by atoms with E-state index >= 15 is 0 Å². The van der Waals surface area contributed by atoms with Crippen molar-refractivity contribution in [1.82, 2.24) is 10.2 Å². The van der Waals surface area contributed by atoms with Gasteiger partial charge in [0.1, 0.15) is 0 Å². The maximum atomic E-state index is 12.2. The maximum absolute atomic E-state index is 12.2. The number of carbonyl (C=O) groups is 2. The van der Waals surface area contributed by atoms with E-state index in [0.29, 0.717) is 11.6 Å². The topological polar surface area (TPSA) is 49.4 Å². The summed E-state index contributed by atoms with van der Waals surface area (Å²) in [6.45, 7) is 4.07. The van der Waals surface area contributed by atoms with Crippen LogP contribution in [0.3, 0.4) is 0 Å². The van der Waals surface area contributed by atoms with Crippen molar-refractivity contribution in [3.05, 3.63) is 35.4 Å². The van der Waals surface area contributed by atoms with Crippen LogP contribution in [0.1, 0.15) is 73.7 Å². The van der Waals surface area contributed by atoms with Crippen molar-refractivity contribution < 1.29 is 9.59 Å². The summed E-state index contributed by atoms with van der Waals surface area (Å²) in [6, 6.07) is 8.53. The van der Waals surface area contributed by atoms with Gasteiger partial charge in [0, 0.05) is 43.6 Å². The van der Waals surface area contributed by atoms with Gasteiger partial charge in [0.05, 0.1) is 0 Å². The van der Waals surface area contributed by atoms with Gasteiger partial charge in [-0.15, -0.1) is 0 Å². The van der Waals surface area contributed by atoms with E-state index in [9.17, 15) is 9.59 Å². The molecule has 142 valence electrons. The summed E-state index contributed by atoms with van der Waals surface area (Å²) in [4.78, 5) is 27.0. The van der Waals surface area contributed by atoms with Gasteiger partial charge in [-0.1, -0.05) is 55.5 Å². The molecule has 1 saturated heterocycles. The Kier molecular flexibility index (Phi) is 6.84. The first-order valence-corrected chi connectivity index (χ1v) is 10.2. The lowest BCUT2D eigenvalue weighted by Crippen LogP contribution is -2.39. The van der Waals surface area contributed by atoms with E-state index in [1.165, 1.54) is 38.5 Å². The second-order valence-corrected chi connectivity index (χ2v) is 7.98. The van der Waals surface area contributed by atoms with Crippen LogP contribution in [0.15, 0.2) is 24.3 Å². The smallest absolute Gasteiger partial charge is 0.220 e. The quantitative estimate of drug-likeness (QED) is 0.622. The largest absolute Gasteiger partial charge is 0.352 e. The molecule has 1 aromatic carbocycles. The van der Waals surface area contributed by atoms with Crippen molar-refractivity contribution >= 4 is 11.7 Å². The number of nitrogens with zero attached hydrogens (tertiary/aromatic N) is 1. The summed E-state index contributed by atoms with van der Waals surface area (Å²) in [5.41, 5.74) is 1.84. The van der Waals surface area contributed by atoms with Crippen molar-refractivity contribution in [3.63, 3.8) is 0 Å². The predicted octanol–water partition coefficient (Wildman–Crippen LogP) is 3.87. The lowest BCUT2D eigenvalue weighted by molar-refractivity contribution is -0.121. The Morgan fingerprint density at radius 2 is 1.69 bits per heavy atom. The van der Waals surface area contributed by atoms with Gasteiger partial charge in [0.2, 0.25) is 5.91 Å². The number of nitrogens with one attached hydrogen (secondary N) is 1. The molecule has 4 nitrogen and oxygen atoms in total. The Balaban J connectivity index is 1.39. The molecule has 4 heteroatoms. The molecule has 1 atom stereocenters. The molecule has 1 saturated carbocycles. The average molecular weight is 357 g/mol. The van der Waals surface area contributed by atoms with Crippen LogP contribution in [0.5, 0.6) is 0 Å². The minimum absolute atomic E-state index is 0.0122. The van der Waals surface area contributed by atoms with Crippen molar-refractivity contribution in [1.29, 1.82) is 0 Å². The second-order valence-electron chi connectivity index (χ2n) is 7.98. The highest BCUT2D eigenvalue weighted by molar-refractivity contribution is 5.97. The summed E-state index contributed by atoms with van der Waals surface area (Å²) in [7, 11) is 0. The SMILES string of the molecule is Cc1ccc(C(=O)CCC(=O)NC2CCN(C3CCCCCC3)C2)cc1. The van der Waals surface area contributed by atoms with Gasteiger partial charge in [-0.25, -0.2) is 0 Å². The van der Waals surface area contributed by atoms with Crippen LogP contribution in [0.25, 0.3) is 0 Å². The van der Waals surface area contributed by atoms with Gasteiger partial charge in [-0.3, -0.25) is 14.5 Å². The third-order valence-electron chi connectivity index (χ3n) is 5.88. The number of likely N-dealkylation sites (tertiary alicyclic amines) is 1. The first-order chi connectivity index (χ1) is 12.6. The van der Waals surface area contributed by atoms with Gasteiger partial charge in [0.15, 0.2) is 5.78 Å². The fourth-order valence-corrected chi connectivity index (χ4v) is 4.27. The lowest BCUT2D eigenvalue weighted by Gasteiger charge is -2.26. The fourth-order valence-electron chi connectivity index (χ4n) is 4.27. The third-order valence-corrected chi connectivity index (χ3v) is 5.88. The molecule has 26 heavy (non-hydrogen) atoms. The highest BCUT2D eigenvalue weighted by Gasteiger charge is 2.29. The normalized spacial score (nSPS) is 22.1. The molecule has 1 aromatic rings. The van der Waals surface area contributed by atoms with Crippen LogP contribution >= 0.6 is 0 Å². The zero-order chi connectivity index (χ0) is 18.4. The molecule has 1 aliphatic heterocycles. The van der Waals surface area contributed by atoms with Crippen LogP contribution in [0.4, 0.5) is 0 Å². The summed E-state index contributed by atoms with van der Waals surface area (Å²) in [5.74, 6) is 0.0600. The standard InChI is InChI=1S/C22H32N2O2/c1-17-8-10-18(11-9-17)21(25)12-13-22(26)23-19-14-15-24(16-19)20-6-4-2-3-5-7-20/h8-11,19-20H,2-7,12-16H2,1H3,(H,23,26). The molecule has 1 aliphatic carbocycles. The molecule has 0 aromatic heterocycles. The van der Waals surface area contributed by atoms with Gasteiger partial charge >= 0.3 is 0 Å². The number of hydrogen-bond acceptors (Lipinski definition) is 3. The van der Waals surface area contributed by atoms with Gasteiger partial charge in [-0.05, 0) is 26.2 Å². The van der Waals surface area contributed by atoms with Crippen LogP contribution in [-0.4, -0.2) is 41.8 Å². The Bertz CT molecular complexity index is 603. The minimum Gasteiger partial charge on any atom is -0.352 e. The fraction of sp³-hybridized carbons (Fsp3) is 0.636. The average Bonchev–Trinajstić information content (AvgIpc) is 2.92. The van der Waals surface area contributed by atoms with Crippen LogP contribution < -0.4 is 5.32 Å². The summed E-state index contributed by atoms with van der Waals surface area (Å²) in [6.07, 6.45) is 9.67. The number of hydrogen-bond donors (Lipinski definition) is 1. The first kappa shape index (κ1) is 19.1. The Hall–Kier alpha value is -1.68. The molecule has 0 radical (unpaired) electrons. The zero-order valence-corrected chi connectivity index (χ0v) is 16.0. The number of ketones is 1. The van der Waals surface area contributed by atoms with E-state index in [1.54, 1.807) is 0 Å². The number of aryl methyl sites for hydroxylation is 1. The van der Waals surface area contributed by atoms with Crippen LogP contribution in [0, 0.1) is 6.92 Å². The molecule has 2 aliphatic rings. The molecule has 1 amide bonds. The number of Topliss-reactive ketones (excluding diaryl/α,β-unsaturated/α-hetero) is 1. The van der Waals surface area contributed by atoms with Crippen molar-refractivity contribution in [2.45, 2.75) is 76.8 Å². The summed E-state index contributed by atoms with van der Waals surface area (Å²) < 4.78 is 0. The molecule has 2 fully saturated rings. The molecule has 1 heterocycles. The molecule has 1 unspecified atom stereocenters. The first-order valence-electron chi connectivity index (χ1n) is 10.2. The Morgan fingerprint density at radius 3 is 2.38 bits per heavy atom. The number of amides is 1. The lowest BCUT2D eigenvalue weighted by atomic mass is 10.0. The monoisotopic (exact) mass is 356 g/mol. The van der Waals surface area contributed by atoms with E-state index in [-0.39, 0.29) is 30.6 Å². The predicted molar refractivity (Wildman–Crippen MR) is 104 cm³/mol. The van der Waals surface area contributed by atoms with Crippen LogP contribution in [0.2, 0.25) is 0 Å². The molecule has 0 bridgehead atoms. The summed E-state index contributed by atoms with van der Waals surface area (Å²) in [5, 5.41) is 3.15. The second kappa shape index (κ2) is 9.31. The third kappa shape index (κ3) is 5.41. The van der Waals surface area contributed by atoms with Gasteiger partial charge in [0.25, 0.3) is 0 Å². The molecule has 0 spiro atoms. The van der Waals surface area contributed by atoms with Crippen LogP contribution in [-0.2, 0) is 4.79 Å². The molecular formula is C22H32N2O2. The van der Waals surface area contributed by atoms with E-state index in [1.807, 2.05) is 31.2 Å². The summed E-state index contributed by atoms with van der Waals surface area (Å²) >= 11 is 0. The van der Waals surface area contributed by atoms with Crippen molar-refractivity contribution in [3.8, 4) is 0 Å². The number of rotatable bonds is 6. The highest BCUT2D eigenvalue weighted by Crippen LogP contribution is 2.25. The molecule has 3 rings (SSSR count). The van der Waals surface area contributed by atoms with Gasteiger partial charge in [-0.2, -0.15) is 0 Å². The molecule has 1 N–H and O–H groups in total. The maximum Gasteiger partial charge on any atom is 0.220 e. The number of carbonyl (C=O) groups excluding carboxylic acids is 2. The molecular weight excluding hydrogens is 324 g/mol. The Morgan fingerprint density at radius 1 is 1.00 bits per heavy atom. The number of benzene rings is 1. The minimum atomic E-state index is 0.0122. The van der Waals surface area contributed by atoms with Crippen molar-refractivity contribution in [2.75, 3.05) is 13.1 Å². The van der Waals surface area contributed by atoms with Gasteiger partial charge < -0.3 is 5.32 Å². The highest BCUT2D eigenvalue weighted by atomic mass is 16.2. The van der Waals surface area contributed by atoms with E-state index in [2.05, 4.69) is 10.2 Å². The van der Waals surface area contributed by atoms with E-state index < -0.39 is 0 Å².